The molecule has 1 aliphatic heterocycles. The lowest BCUT2D eigenvalue weighted by Crippen LogP contribution is -2.47. The zero-order valence-corrected chi connectivity index (χ0v) is 13.4. The minimum atomic E-state index is 0.451. The number of hydrogen-bond acceptors (Lipinski definition) is 2. The van der Waals surface area contributed by atoms with E-state index in [1.165, 1.54) is 64.6 Å². The largest absolute Gasteiger partial charge is 0.330 e. The van der Waals surface area contributed by atoms with Crippen LogP contribution in [0.3, 0.4) is 0 Å². The average molecular weight is 266 g/mol. The van der Waals surface area contributed by atoms with Crippen molar-refractivity contribution in [3.05, 3.63) is 0 Å². The fraction of sp³-hybridized carbons (Fsp3) is 1.00. The maximum atomic E-state index is 6.13. The quantitative estimate of drug-likeness (QED) is 0.845. The van der Waals surface area contributed by atoms with Gasteiger partial charge in [0.15, 0.2) is 0 Å². The van der Waals surface area contributed by atoms with Crippen molar-refractivity contribution in [2.45, 2.75) is 65.7 Å². The van der Waals surface area contributed by atoms with E-state index in [9.17, 15) is 0 Å². The molecule has 0 unspecified atom stereocenters. The molecule has 2 N–H and O–H groups in total. The highest BCUT2D eigenvalue weighted by Gasteiger charge is 2.35. The Kier molecular flexibility index (Phi) is 4.94. The van der Waals surface area contributed by atoms with Crippen molar-refractivity contribution >= 4 is 0 Å². The molecular weight excluding hydrogens is 232 g/mol. The summed E-state index contributed by atoms with van der Waals surface area (Å²) in [5, 5.41) is 0. The van der Waals surface area contributed by atoms with Gasteiger partial charge >= 0.3 is 0 Å². The molecule has 0 aromatic carbocycles. The molecule has 19 heavy (non-hydrogen) atoms. The van der Waals surface area contributed by atoms with E-state index in [2.05, 4.69) is 25.7 Å². The number of rotatable bonds is 3. The second-order valence-corrected chi connectivity index (χ2v) is 8.18. The summed E-state index contributed by atoms with van der Waals surface area (Å²) in [6, 6.07) is 0. The van der Waals surface area contributed by atoms with Crippen LogP contribution < -0.4 is 5.73 Å². The van der Waals surface area contributed by atoms with Gasteiger partial charge in [-0.1, -0.05) is 40.0 Å². The van der Waals surface area contributed by atoms with Gasteiger partial charge in [0.25, 0.3) is 0 Å². The Hall–Kier alpha value is -0.0800. The molecule has 0 aromatic rings. The predicted octanol–water partition coefficient (Wildman–Crippen LogP) is 3.65. The van der Waals surface area contributed by atoms with Gasteiger partial charge in [-0.05, 0) is 62.1 Å². The number of nitrogens with zero attached hydrogens (tertiary/aromatic N) is 1. The van der Waals surface area contributed by atoms with Crippen LogP contribution >= 0.6 is 0 Å². The molecule has 1 saturated carbocycles. The van der Waals surface area contributed by atoms with Gasteiger partial charge in [-0.2, -0.15) is 0 Å². The molecule has 1 saturated heterocycles. The van der Waals surface area contributed by atoms with Crippen LogP contribution in [-0.2, 0) is 0 Å². The molecule has 2 fully saturated rings. The van der Waals surface area contributed by atoms with E-state index in [-0.39, 0.29) is 0 Å². The van der Waals surface area contributed by atoms with E-state index in [1.807, 2.05) is 0 Å². The predicted molar refractivity (Wildman–Crippen MR) is 83.2 cm³/mol. The van der Waals surface area contributed by atoms with Gasteiger partial charge in [-0.15, -0.1) is 0 Å². The Morgan fingerprint density at radius 2 is 1.63 bits per heavy atom. The normalized spacial score (nSPS) is 26.5. The van der Waals surface area contributed by atoms with Crippen LogP contribution in [0.1, 0.15) is 65.7 Å². The van der Waals surface area contributed by atoms with E-state index in [4.69, 9.17) is 5.73 Å². The molecule has 0 atom stereocenters. The molecular formula is C17H34N2. The van der Waals surface area contributed by atoms with E-state index < -0.39 is 0 Å². The zero-order valence-electron chi connectivity index (χ0n) is 13.4. The summed E-state index contributed by atoms with van der Waals surface area (Å²) in [4.78, 5) is 2.71. The molecule has 0 radical (unpaired) electrons. The Labute approximate surface area is 120 Å². The monoisotopic (exact) mass is 266 g/mol. The first kappa shape index (κ1) is 15.3. The Morgan fingerprint density at radius 1 is 1.05 bits per heavy atom. The number of piperidine rings is 1. The molecule has 1 heterocycles. The van der Waals surface area contributed by atoms with Gasteiger partial charge in [-0.25, -0.2) is 0 Å². The lowest BCUT2D eigenvalue weighted by molar-refractivity contribution is 0.0598. The fourth-order valence-corrected chi connectivity index (χ4v) is 4.16. The van der Waals surface area contributed by atoms with Crippen LogP contribution in [0.2, 0.25) is 0 Å². The lowest BCUT2D eigenvalue weighted by atomic mass is 9.72. The second-order valence-electron chi connectivity index (χ2n) is 8.18. The molecule has 1 aliphatic carbocycles. The van der Waals surface area contributed by atoms with E-state index >= 15 is 0 Å². The van der Waals surface area contributed by atoms with E-state index in [1.54, 1.807) is 0 Å². The lowest BCUT2D eigenvalue weighted by Gasteiger charge is -2.44. The third-order valence-corrected chi connectivity index (χ3v) is 5.72. The van der Waals surface area contributed by atoms with E-state index in [0.717, 1.165) is 12.5 Å². The van der Waals surface area contributed by atoms with Gasteiger partial charge in [-0.3, -0.25) is 0 Å². The minimum Gasteiger partial charge on any atom is -0.330 e. The molecule has 0 spiro atoms. The van der Waals surface area contributed by atoms with Crippen LogP contribution in [0.15, 0.2) is 0 Å². The second kappa shape index (κ2) is 6.13. The van der Waals surface area contributed by atoms with Crippen molar-refractivity contribution in [1.29, 1.82) is 0 Å². The van der Waals surface area contributed by atoms with Crippen molar-refractivity contribution in [3.8, 4) is 0 Å². The fourth-order valence-electron chi connectivity index (χ4n) is 4.16. The van der Waals surface area contributed by atoms with Crippen molar-refractivity contribution in [2.75, 3.05) is 26.2 Å². The van der Waals surface area contributed by atoms with E-state index in [0.29, 0.717) is 10.8 Å². The van der Waals surface area contributed by atoms with Gasteiger partial charge in [0, 0.05) is 6.54 Å². The maximum absolute atomic E-state index is 6.13. The van der Waals surface area contributed by atoms with Gasteiger partial charge < -0.3 is 10.6 Å². The summed E-state index contributed by atoms with van der Waals surface area (Å²) in [5.41, 5.74) is 7.07. The van der Waals surface area contributed by atoms with Gasteiger partial charge in [0.05, 0.1) is 0 Å². The third kappa shape index (κ3) is 3.95. The zero-order chi connectivity index (χ0) is 13.9. The van der Waals surface area contributed by atoms with Crippen LogP contribution in [0.25, 0.3) is 0 Å². The summed E-state index contributed by atoms with van der Waals surface area (Å²) in [5.74, 6) is 0.906. The van der Waals surface area contributed by atoms with Crippen molar-refractivity contribution in [1.82, 2.24) is 4.90 Å². The molecule has 2 heteroatoms. The summed E-state index contributed by atoms with van der Waals surface area (Å²) >= 11 is 0. The number of hydrogen-bond donors (Lipinski definition) is 1. The van der Waals surface area contributed by atoms with Crippen molar-refractivity contribution in [3.63, 3.8) is 0 Å². The highest BCUT2D eigenvalue weighted by Crippen LogP contribution is 2.39. The van der Waals surface area contributed by atoms with Crippen LogP contribution in [-0.4, -0.2) is 31.1 Å². The molecule has 0 aromatic heterocycles. The summed E-state index contributed by atoms with van der Waals surface area (Å²) in [6.07, 6.45) is 9.71. The molecule has 2 rings (SSSR count). The first-order chi connectivity index (χ1) is 8.95. The first-order valence-electron chi connectivity index (χ1n) is 8.38. The topological polar surface area (TPSA) is 29.3 Å². The smallest absolute Gasteiger partial charge is 0.00501 e. The van der Waals surface area contributed by atoms with Gasteiger partial charge in [0.1, 0.15) is 0 Å². The Morgan fingerprint density at radius 3 is 2.11 bits per heavy atom. The third-order valence-electron chi connectivity index (χ3n) is 5.72. The number of nitrogens with two attached hydrogens (primary N) is 1. The minimum absolute atomic E-state index is 0.451. The van der Waals surface area contributed by atoms with Crippen molar-refractivity contribution < 1.29 is 0 Å². The maximum Gasteiger partial charge on any atom is 0.00501 e. The molecule has 2 nitrogen and oxygen atoms in total. The Balaban J connectivity index is 1.84. The highest BCUT2D eigenvalue weighted by molar-refractivity contribution is 4.89. The standard InChI is InChI=1S/C17H34N2/c1-16(2,3)15-7-11-19(12-8-15)14-17(13-18)9-5-4-6-10-17/h15H,4-14,18H2,1-3H3. The number of likely N-dealkylation sites (tertiary alicyclic amines) is 1. The van der Waals surface area contributed by atoms with Crippen molar-refractivity contribution in [2.24, 2.45) is 22.5 Å². The summed E-state index contributed by atoms with van der Waals surface area (Å²) in [6.45, 7) is 11.9. The molecule has 112 valence electrons. The first-order valence-corrected chi connectivity index (χ1v) is 8.38. The summed E-state index contributed by atoms with van der Waals surface area (Å²) < 4.78 is 0. The molecule has 0 amide bonds. The highest BCUT2D eigenvalue weighted by atomic mass is 15.1. The molecule has 0 bridgehead atoms. The average Bonchev–Trinajstić information content (AvgIpc) is 2.39. The Bertz CT molecular complexity index is 265. The van der Waals surface area contributed by atoms with Crippen LogP contribution in [0.5, 0.6) is 0 Å². The van der Waals surface area contributed by atoms with Gasteiger partial charge in [0.2, 0.25) is 0 Å². The van der Waals surface area contributed by atoms with Crippen LogP contribution in [0, 0.1) is 16.7 Å². The summed E-state index contributed by atoms with van der Waals surface area (Å²) in [7, 11) is 0. The van der Waals surface area contributed by atoms with Crippen LogP contribution in [0.4, 0.5) is 0 Å². The molecule has 2 aliphatic rings. The SMILES string of the molecule is CC(C)(C)C1CCN(CC2(CN)CCCCC2)CC1.